The summed E-state index contributed by atoms with van der Waals surface area (Å²) in [6.07, 6.45) is 3.00. The van der Waals surface area contributed by atoms with Gasteiger partial charge >= 0.3 is 0 Å². The molecule has 0 aliphatic rings. The van der Waals surface area contributed by atoms with E-state index in [4.69, 9.17) is 14.2 Å². The fourth-order valence-electron chi connectivity index (χ4n) is 2.41. The molecular weight excluding hydrogens is 570 g/mol. The average molecular weight is 594 g/mol. The molecule has 0 unspecified atom stereocenters. The molecule has 0 aliphatic heterocycles. The van der Waals surface area contributed by atoms with Crippen LogP contribution in [-0.4, -0.2) is 19.2 Å². The fourth-order valence-corrected chi connectivity index (χ4v) is 4.40. The van der Waals surface area contributed by atoms with E-state index in [1.807, 2.05) is 30.3 Å². The van der Waals surface area contributed by atoms with Gasteiger partial charge in [-0.05, 0) is 88.7 Å². The summed E-state index contributed by atoms with van der Waals surface area (Å²) in [7, 11) is 0. The van der Waals surface area contributed by atoms with Crippen LogP contribution in [0.3, 0.4) is 0 Å². The molecule has 2 rings (SSSR count). The lowest BCUT2D eigenvalue weighted by Gasteiger charge is -2.15. The Morgan fingerprint density at radius 1 is 1.07 bits per heavy atom. The van der Waals surface area contributed by atoms with Gasteiger partial charge in [-0.1, -0.05) is 26.3 Å². The molecule has 0 N–H and O–H groups in total. The number of ether oxygens (including phenoxy) is 3. The Hall–Kier alpha value is -0.870. The highest BCUT2D eigenvalue weighted by molar-refractivity contribution is 14.1. The molecule has 6 heteroatoms. The number of rotatable bonds is 10. The first-order chi connectivity index (χ1) is 13.0. The minimum absolute atomic E-state index is 0.0449. The highest BCUT2D eigenvalue weighted by atomic mass is 127. The molecule has 0 aliphatic carbocycles. The van der Waals surface area contributed by atoms with Gasteiger partial charge in [0.15, 0.2) is 18.3 Å². The lowest BCUT2D eigenvalue weighted by atomic mass is 10.1. The third kappa shape index (κ3) is 6.60. The Balaban J connectivity index is 2.17. The minimum Gasteiger partial charge on any atom is -0.467 e. The molecule has 2 aromatic rings. The summed E-state index contributed by atoms with van der Waals surface area (Å²) in [6.45, 7) is 6.72. The molecule has 4 nitrogen and oxygen atoms in total. The largest absolute Gasteiger partial charge is 0.467 e. The summed E-state index contributed by atoms with van der Waals surface area (Å²) in [5, 5.41) is 0. The van der Waals surface area contributed by atoms with Crippen LogP contribution in [0.5, 0.6) is 17.2 Å². The highest BCUT2D eigenvalue weighted by Crippen LogP contribution is 2.35. The van der Waals surface area contributed by atoms with Gasteiger partial charge in [-0.2, -0.15) is 0 Å². The summed E-state index contributed by atoms with van der Waals surface area (Å²) < 4.78 is 19.2. The topological polar surface area (TPSA) is 44.8 Å². The zero-order valence-electron chi connectivity index (χ0n) is 15.8. The SMILES string of the molecule is CCCCOCOc1cc(Oc2c(I)cc(C(C)=O)cc2I)ccc1CC. The van der Waals surface area contributed by atoms with E-state index < -0.39 is 0 Å². The minimum atomic E-state index is 0.0449. The zero-order valence-corrected chi connectivity index (χ0v) is 20.1. The van der Waals surface area contributed by atoms with Gasteiger partial charge in [-0.3, -0.25) is 4.79 Å². The summed E-state index contributed by atoms with van der Waals surface area (Å²) in [6, 6.07) is 9.54. The van der Waals surface area contributed by atoms with Crippen molar-refractivity contribution in [3.63, 3.8) is 0 Å². The quantitative estimate of drug-likeness (QED) is 0.135. The standard InChI is InChI=1S/C21H24I2O4/c1-4-6-9-25-13-26-20-12-17(8-7-15(20)5-2)27-21-18(22)10-16(14(3)24)11-19(21)23/h7-8,10-12H,4-6,9,13H2,1-3H3. The normalized spacial score (nSPS) is 10.7. The molecule has 0 saturated carbocycles. The fraction of sp³-hybridized carbons (Fsp3) is 0.381. The van der Waals surface area contributed by atoms with Gasteiger partial charge in [0.2, 0.25) is 0 Å². The van der Waals surface area contributed by atoms with Crippen LogP contribution in [0.25, 0.3) is 0 Å². The number of Topliss-reactive ketones (excluding diaryl/α,β-unsaturated/α-hetero) is 1. The number of ketones is 1. The van der Waals surface area contributed by atoms with Crippen molar-refractivity contribution in [2.45, 2.75) is 40.0 Å². The number of carbonyl (C=O) groups excluding carboxylic acids is 1. The Bertz CT molecular complexity index is 767. The van der Waals surface area contributed by atoms with E-state index in [1.165, 1.54) is 0 Å². The van der Waals surface area contributed by atoms with Gasteiger partial charge in [-0.25, -0.2) is 0 Å². The average Bonchev–Trinajstić information content (AvgIpc) is 2.64. The van der Waals surface area contributed by atoms with E-state index in [1.54, 1.807) is 6.92 Å². The number of unbranched alkanes of at least 4 members (excludes halogenated alkanes) is 1. The predicted octanol–water partition coefficient (Wildman–Crippen LogP) is 6.61. The number of hydrogen-bond donors (Lipinski definition) is 0. The molecule has 0 atom stereocenters. The number of aryl methyl sites for hydroxylation is 1. The molecule has 146 valence electrons. The first kappa shape index (κ1) is 22.4. The van der Waals surface area contributed by atoms with Crippen molar-refractivity contribution in [2.24, 2.45) is 0 Å². The molecule has 0 radical (unpaired) electrons. The van der Waals surface area contributed by atoms with Gasteiger partial charge in [0.25, 0.3) is 0 Å². The first-order valence-corrected chi connectivity index (χ1v) is 11.1. The highest BCUT2D eigenvalue weighted by Gasteiger charge is 2.13. The van der Waals surface area contributed by atoms with Crippen molar-refractivity contribution in [2.75, 3.05) is 13.4 Å². The molecule has 27 heavy (non-hydrogen) atoms. The second kappa shape index (κ2) is 11.2. The third-order valence-electron chi connectivity index (χ3n) is 3.98. The number of benzene rings is 2. The van der Waals surface area contributed by atoms with Crippen molar-refractivity contribution in [3.05, 3.63) is 48.6 Å². The molecule has 0 saturated heterocycles. The van der Waals surface area contributed by atoms with Crippen LogP contribution in [0.2, 0.25) is 0 Å². The van der Waals surface area contributed by atoms with Crippen molar-refractivity contribution < 1.29 is 19.0 Å². The number of carbonyl (C=O) groups is 1. The van der Waals surface area contributed by atoms with Crippen LogP contribution in [-0.2, 0) is 11.2 Å². The summed E-state index contributed by atoms with van der Waals surface area (Å²) in [4.78, 5) is 11.6. The first-order valence-electron chi connectivity index (χ1n) is 8.97. The van der Waals surface area contributed by atoms with Crippen LogP contribution < -0.4 is 9.47 Å². The van der Waals surface area contributed by atoms with E-state index in [2.05, 4.69) is 59.0 Å². The van der Waals surface area contributed by atoms with E-state index in [9.17, 15) is 4.79 Å². The summed E-state index contributed by atoms with van der Waals surface area (Å²) in [5.41, 5.74) is 1.79. The maximum Gasteiger partial charge on any atom is 0.189 e. The van der Waals surface area contributed by atoms with Crippen LogP contribution in [0.4, 0.5) is 0 Å². The van der Waals surface area contributed by atoms with E-state index in [-0.39, 0.29) is 12.6 Å². The lowest BCUT2D eigenvalue weighted by Crippen LogP contribution is -2.05. The second-order valence-corrected chi connectivity index (χ2v) is 8.40. The Morgan fingerprint density at radius 3 is 2.37 bits per heavy atom. The molecule has 2 aromatic carbocycles. The number of hydrogen-bond acceptors (Lipinski definition) is 4. The van der Waals surface area contributed by atoms with Crippen LogP contribution in [0, 0.1) is 7.14 Å². The smallest absolute Gasteiger partial charge is 0.189 e. The van der Waals surface area contributed by atoms with Crippen molar-refractivity contribution >= 4 is 51.0 Å². The van der Waals surface area contributed by atoms with Gasteiger partial charge in [0, 0.05) is 11.6 Å². The van der Waals surface area contributed by atoms with E-state index >= 15 is 0 Å². The van der Waals surface area contributed by atoms with Gasteiger partial charge in [0.05, 0.1) is 13.7 Å². The molecule has 0 fully saturated rings. The molecule has 0 bridgehead atoms. The third-order valence-corrected chi connectivity index (χ3v) is 5.59. The Morgan fingerprint density at radius 2 is 1.78 bits per heavy atom. The van der Waals surface area contributed by atoms with Crippen LogP contribution in [0.1, 0.15) is 49.5 Å². The van der Waals surface area contributed by atoms with Gasteiger partial charge < -0.3 is 14.2 Å². The zero-order chi connectivity index (χ0) is 19.8. The molecular formula is C21H24I2O4. The molecule has 0 amide bonds. The van der Waals surface area contributed by atoms with Crippen molar-refractivity contribution in [1.82, 2.24) is 0 Å². The summed E-state index contributed by atoms with van der Waals surface area (Å²) >= 11 is 4.39. The molecule has 0 aromatic heterocycles. The van der Waals surface area contributed by atoms with Gasteiger partial charge in [0.1, 0.15) is 11.5 Å². The van der Waals surface area contributed by atoms with Crippen molar-refractivity contribution in [3.8, 4) is 17.2 Å². The molecule has 0 heterocycles. The maximum atomic E-state index is 11.6. The van der Waals surface area contributed by atoms with E-state index in [0.717, 1.165) is 43.5 Å². The maximum absolute atomic E-state index is 11.6. The Labute approximate surface area is 188 Å². The molecule has 0 spiro atoms. The van der Waals surface area contributed by atoms with Crippen LogP contribution in [0.15, 0.2) is 30.3 Å². The van der Waals surface area contributed by atoms with Crippen LogP contribution >= 0.6 is 45.2 Å². The second-order valence-electron chi connectivity index (χ2n) is 6.07. The Kier molecular flexibility index (Phi) is 9.31. The van der Waals surface area contributed by atoms with Crippen molar-refractivity contribution in [1.29, 1.82) is 0 Å². The monoisotopic (exact) mass is 594 g/mol. The van der Waals surface area contributed by atoms with Gasteiger partial charge in [-0.15, -0.1) is 0 Å². The van der Waals surface area contributed by atoms with E-state index in [0.29, 0.717) is 17.9 Å². The lowest BCUT2D eigenvalue weighted by molar-refractivity contribution is 0.0135. The number of halogens is 2. The summed E-state index contributed by atoms with van der Waals surface area (Å²) in [5.74, 6) is 2.26. The predicted molar refractivity (Wildman–Crippen MR) is 124 cm³/mol.